The van der Waals surface area contributed by atoms with Gasteiger partial charge in [-0.1, -0.05) is 23.7 Å². The predicted octanol–water partition coefficient (Wildman–Crippen LogP) is 5.09. The van der Waals surface area contributed by atoms with Crippen LogP contribution in [-0.4, -0.2) is 35.2 Å². The molecule has 1 unspecified atom stereocenters. The number of halogens is 1. The average Bonchev–Trinajstić information content (AvgIpc) is 3.54. The number of methoxy groups -OCH3 is 2. The number of H-pyrrole nitrogens is 1. The molecule has 2 aromatic carbocycles. The number of amides is 1. The summed E-state index contributed by atoms with van der Waals surface area (Å²) in [5, 5.41) is 8.06. The average molecular weight is 450 g/mol. The maximum atomic E-state index is 13.5. The van der Waals surface area contributed by atoms with Crippen molar-refractivity contribution >= 4 is 17.5 Å². The normalized spacial score (nSPS) is 15.2. The predicted molar refractivity (Wildman–Crippen MR) is 119 cm³/mol. The first kappa shape index (κ1) is 20.2. The third-order valence-corrected chi connectivity index (χ3v) is 5.87. The van der Waals surface area contributed by atoms with Gasteiger partial charge >= 0.3 is 0 Å². The van der Waals surface area contributed by atoms with Crippen LogP contribution in [0.4, 0.5) is 0 Å². The van der Waals surface area contributed by atoms with Crippen molar-refractivity contribution in [1.29, 1.82) is 0 Å². The van der Waals surface area contributed by atoms with Gasteiger partial charge in [-0.2, -0.15) is 5.10 Å². The fourth-order valence-corrected chi connectivity index (χ4v) is 4.25. The summed E-state index contributed by atoms with van der Waals surface area (Å²) in [7, 11) is 3.20. The molecule has 1 aliphatic heterocycles. The minimum Gasteiger partial charge on any atom is -0.497 e. The maximum absolute atomic E-state index is 13.5. The van der Waals surface area contributed by atoms with Gasteiger partial charge in [-0.3, -0.25) is 9.89 Å². The molecular weight excluding hydrogens is 430 g/mol. The summed E-state index contributed by atoms with van der Waals surface area (Å²) in [5.41, 5.74) is 3.60. The van der Waals surface area contributed by atoms with E-state index in [2.05, 4.69) is 10.2 Å². The van der Waals surface area contributed by atoms with Gasteiger partial charge in [-0.15, -0.1) is 0 Å². The second-order valence-corrected chi connectivity index (χ2v) is 7.83. The van der Waals surface area contributed by atoms with E-state index in [1.54, 1.807) is 43.6 Å². The van der Waals surface area contributed by atoms with Crippen molar-refractivity contribution in [1.82, 2.24) is 15.1 Å². The van der Waals surface area contributed by atoms with Gasteiger partial charge in [0.2, 0.25) is 0 Å². The molecule has 0 bridgehead atoms. The molecule has 0 spiro atoms. The summed E-state index contributed by atoms with van der Waals surface area (Å²) in [6.45, 7) is 0.300. The number of ether oxygens (including phenoxy) is 2. The van der Waals surface area contributed by atoms with E-state index >= 15 is 0 Å². The summed E-state index contributed by atoms with van der Waals surface area (Å²) >= 11 is 6.08. The lowest BCUT2D eigenvalue weighted by Crippen LogP contribution is -2.29. The summed E-state index contributed by atoms with van der Waals surface area (Å²) in [6.07, 6.45) is 1.60. The van der Waals surface area contributed by atoms with Gasteiger partial charge < -0.3 is 18.8 Å². The SMILES string of the molecule is COc1ccc(C2c3c(-c4ccc(Cl)cc4)n[nH]c3C(=O)N2Cc2ccco2)c(OC)c1. The number of fused-ring (bicyclic) bond motifs is 1. The molecule has 5 rings (SSSR count). The molecule has 0 fully saturated rings. The van der Waals surface area contributed by atoms with Crippen molar-refractivity contribution in [3.8, 4) is 22.8 Å². The lowest BCUT2D eigenvalue weighted by atomic mass is 9.95. The number of hydrogen-bond donors (Lipinski definition) is 1. The molecule has 8 heteroatoms. The second-order valence-electron chi connectivity index (χ2n) is 7.39. The first-order chi connectivity index (χ1) is 15.6. The second kappa shape index (κ2) is 8.09. The topological polar surface area (TPSA) is 80.6 Å². The summed E-state index contributed by atoms with van der Waals surface area (Å²) in [5.74, 6) is 1.80. The molecule has 2 aromatic heterocycles. The molecule has 1 aliphatic rings. The number of carbonyl (C=O) groups excluding carboxylic acids is 1. The Hall–Kier alpha value is -3.71. The monoisotopic (exact) mass is 449 g/mol. The van der Waals surface area contributed by atoms with Crippen molar-refractivity contribution in [3.63, 3.8) is 0 Å². The van der Waals surface area contributed by atoms with Crippen LogP contribution in [0.1, 0.15) is 33.4 Å². The Morgan fingerprint density at radius 1 is 1.12 bits per heavy atom. The van der Waals surface area contributed by atoms with Gasteiger partial charge in [-0.05, 0) is 36.4 Å². The van der Waals surface area contributed by atoms with E-state index < -0.39 is 6.04 Å². The highest BCUT2D eigenvalue weighted by atomic mass is 35.5. The summed E-state index contributed by atoms with van der Waals surface area (Å²) in [4.78, 5) is 15.2. The molecule has 0 saturated carbocycles. The van der Waals surface area contributed by atoms with Gasteiger partial charge in [-0.25, -0.2) is 0 Å². The van der Waals surface area contributed by atoms with Crippen molar-refractivity contribution < 1.29 is 18.7 Å². The fourth-order valence-electron chi connectivity index (χ4n) is 4.13. The fraction of sp³-hybridized carbons (Fsp3) is 0.167. The summed E-state index contributed by atoms with van der Waals surface area (Å²) < 4.78 is 16.6. The Labute approximate surface area is 189 Å². The number of rotatable bonds is 6. The molecule has 7 nitrogen and oxygen atoms in total. The van der Waals surface area contributed by atoms with Crippen LogP contribution in [0.25, 0.3) is 11.3 Å². The molecule has 0 saturated heterocycles. The quantitative estimate of drug-likeness (QED) is 0.443. The molecule has 4 aromatic rings. The zero-order valence-corrected chi connectivity index (χ0v) is 18.2. The van der Waals surface area contributed by atoms with Crippen LogP contribution >= 0.6 is 11.6 Å². The van der Waals surface area contributed by atoms with Crippen LogP contribution < -0.4 is 9.47 Å². The van der Waals surface area contributed by atoms with Crippen molar-refractivity contribution in [2.24, 2.45) is 0 Å². The largest absolute Gasteiger partial charge is 0.497 e. The number of nitrogens with zero attached hydrogens (tertiary/aromatic N) is 2. The number of furan rings is 1. The smallest absolute Gasteiger partial charge is 0.273 e. The van der Waals surface area contributed by atoms with Gasteiger partial charge in [0.15, 0.2) is 0 Å². The number of benzene rings is 2. The molecule has 0 radical (unpaired) electrons. The van der Waals surface area contributed by atoms with Crippen LogP contribution in [0.2, 0.25) is 5.02 Å². The lowest BCUT2D eigenvalue weighted by molar-refractivity contribution is 0.0715. The minimum atomic E-state index is -0.437. The Kier molecular flexibility index (Phi) is 5.11. The minimum absolute atomic E-state index is 0.160. The van der Waals surface area contributed by atoms with Gasteiger partial charge in [0.05, 0.1) is 38.8 Å². The summed E-state index contributed by atoms with van der Waals surface area (Å²) in [6, 6.07) is 16.2. The standard InChI is InChI=1S/C24H20ClN3O4/c1-30-16-9-10-18(19(12-16)31-2)23-20-21(14-5-7-15(25)8-6-14)26-27-22(20)24(29)28(23)13-17-4-3-11-32-17/h3-12,23H,13H2,1-2H3,(H,26,27). The van der Waals surface area contributed by atoms with Gasteiger partial charge in [0.1, 0.15) is 23.0 Å². The van der Waals surface area contributed by atoms with Crippen LogP contribution in [0.3, 0.4) is 0 Å². The number of aromatic amines is 1. The maximum Gasteiger partial charge on any atom is 0.273 e. The molecule has 3 heterocycles. The molecule has 1 atom stereocenters. The zero-order valence-electron chi connectivity index (χ0n) is 17.5. The number of aromatic nitrogens is 2. The molecule has 0 aliphatic carbocycles. The van der Waals surface area contributed by atoms with E-state index in [-0.39, 0.29) is 5.91 Å². The van der Waals surface area contributed by atoms with E-state index in [1.165, 1.54) is 0 Å². The van der Waals surface area contributed by atoms with E-state index in [1.807, 2.05) is 36.4 Å². The highest BCUT2D eigenvalue weighted by Gasteiger charge is 2.43. The van der Waals surface area contributed by atoms with E-state index in [9.17, 15) is 4.79 Å². The van der Waals surface area contributed by atoms with Crippen molar-refractivity contribution in [2.75, 3.05) is 14.2 Å². The molecule has 1 amide bonds. The van der Waals surface area contributed by atoms with Gasteiger partial charge in [0.25, 0.3) is 5.91 Å². The van der Waals surface area contributed by atoms with E-state index in [0.717, 1.165) is 16.7 Å². The lowest BCUT2D eigenvalue weighted by Gasteiger charge is -2.27. The number of nitrogens with one attached hydrogen (secondary N) is 1. The Bertz CT molecular complexity index is 1270. The van der Waals surface area contributed by atoms with Crippen molar-refractivity contribution in [2.45, 2.75) is 12.6 Å². The van der Waals surface area contributed by atoms with E-state index in [0.29, 0.717) is 40.2 Å². The highest BCUT2D eigenvalue weighted by molar-refractivity contribution is 6.30. The number of hydrogen-bond acceptors (Lipinski definition) is 5. The molecular formula is C24H20ClN3O4. The zero-order chi connectivity index (χ0) is 22.2. The Morgan fingerprint density at radius 3 is 2.62 bits per heavy atom. The first-order valence-electron chi connectivity index (χ1n) is 10.00. The van der Waals surface area contributed by atoms with E-state index in [4.69, 9.17) is 25.5 Å². The molecule has 162 valence electrons. The number of carbonyl (C=O) groups is 1. The molecule has 32 heavy (non-hydrogen) atoms. The van der Waals surface area contributed by atoms with Crippen LogP contribution in [0, 0.1) is 0 Å². The highest BCUT2D eigenvalue weighted by Crippen LogP contribution is 2.46. The Balaban J connectivity index is 1.69. The van der Waals surface area contributed by atoms with Crippen LogP contribution in [0.15, 0.2) is 65.3 Å². The van der Waals surface area contributed by atoms with Crippen LogP contribution in [-0.2, 0) is 6.54 Å². The van der Waals surface area contributed by atoms with Gasteiger partial charge in [0, 0.05) is 27.8 Å². The first-order valence-corrected chi connectivity index (χ1v) is 10.4. The third kappa shape index (κ3) is 3.31. The third-order valence-electron chi connectivity index (χ3n) is 5.62. The Morgan fingerprint density at radius 2 is 1.94 bits per heavy atom. The molecule has 1 N–H and O–H groups in total. The van der Waals surface area contributed by atoms with Crippen molar-refractivity contribution in [3.05, 3.63) is 88.5 Å². The van der Waals surface area contributed by atoms with Crippen LogP contribution in [0.5, 0.6) is 11.5 Å².